The van der Waals surface area contributed by atoms with Gasteiger partial charge in [-0.1, -0.05) is 11.6 Å². The average molecular weight is 306 g/mol. The number of pyridine rings is 1. The maximum Gasteiger partial charge on any atom is 0.133 e. The van der Waals surface area contributed by atoms with Gasteiger partial charge in [-0.3, -0.25) is 0 Å². The Morgan fingerprint density at radius 1 is 1.10 bits per heavy atom. The van der Waals surface area contributed by atoms with Gasteiger partial charge in [0.2, 0.25) is 0 Å². The summed E-state index contributed by atoms with van der Waals surface area (Å²) in [4.78, 5) is 6.52. The Balaban J connectivity index is 1.81. The Labute approximate surface area is 128 Å². The van der Waals surface area contributed by atoms with Gasteiger partial charge in [-0.15, -0.1) is 0 Å². The number of halogens is 1. The van der Waals surface area contributed by atoms with Crippen LogP contribution in [0.5, 0.6) is 5.75 Å². The number of rotatable bonds is 3. The lowest BCUT2D eigenvalue weighted by atomic mass is 10.2. The summed E-state index contributed by atoms with van der Waals surface area (Å²) >= 11 is 6.11. The highest BCUT2D eigenvalue weighted by molar-refractivity contribution is 6.29. The van der Waals surface area contributed by atoms with Crippen LogP contribution in [0.3, 0.4) is 0 Å². The Morgan fingerprint density at radius 2 is 1.81 bits per heavy atom. The van der Waals surface area contributed by atoms with Crippen LogP contribution in [0, 0.1) is 0 Å². The number of morpholine rings is 1. The van der Waals surface area contributed by atoms with Crippen LogP contribution in [0.4, 0.5) is 17.2 Å². The molecule has 1 saturated heterocycles. The average Bonchev–Trinajstić information content (AvgIpc) is 2.50. The maximum absolute atomic E-state index is 9.30. The molecule has 1 fully saturated rings. The number of hydrogen-bond acceptors (Lipinski definition) is 5. The summed E-state index contributed by atoms with van der Waals surface area (Å²) in [5.74, 6) is 1.08. The normalized spacial score (nSPS) is 15.0. The molecule has 1 aromatic carbocycles. The van der Waals surface area contributed by atoms with Crippen LogP contribution in [0.15, 0.2) is 36.4 Å². The fraction of sp³-hybridized carbons (Fsp3) is 0.267. The Hall–Kier alpha value is -1.98. The van der Waals surface area contributed by atoms with E-state index in [9.17, 15) is 5.11 Å². The number of benzene rings is 1. The molecule has 0 spiro atoms. The van der Waals surface area contributed by atoms with E-state index in [-0.39, 0.29) is 5.75 Å². The number of aromatic nitrogens is 1. The monoisotopic (exact) mass is 305 g/mol. The molecule has 0 atom stereocenters. The molecular weight excluding hydrogens is 290 g/mol. The summed E-state index contributed by atoms with van der Waals surface area (Å²) < 4.78 is 5.35. The van der Waals surface area contributed by atoms with Crippen molar-refractivity contribution in [3.8, 4) is 5.75 Å². The van der Waals surface area contributed by atoms with Crippen LogP contribution in [-0.4, -0.2) is 36.4 Å². The van der Waals surface area contributed by atoms with Gasteiger partial charge in [0, 0.05) is 30.5 Å². The topological polar surface area (TPSA) is 57.6 Å². The SMILES string of the molecule is Oc1ccc(Nc2cc(Cl)nc(N3CCOCC3)c2)cc1. The molecule has 0 aliphatic carbocycles. The number of aromatic hydroxyl groups is 1. The second kappa shape index (κ2) is 6.20. The Morgan fingerprint density at radius 3 is 2.52 bits per heavy atom. The van der Waals surface area contributed by atoms with E-state index in [4.69, 9.17) is 16.3 Å². The second-order valence-electron chi connectivity index (χ2n) is 4.81. The van der Waals surface area contributed by atoms with Crippen LogP contribution in [-0.2, 0) is 4.74 Å². The predicted octanol–water partition coefficient (Wildman–Crippen LogP) is 3.02. The first-order valence-electron chi connectivity index (χ1n) is 6.77. The van der Waals surface area contributed by atoms with E-state index in [0.717, 1.165) is 30.3 Å². The number of nitrogens with zero attached hydrogens (tertiary/aromatic N) is 2. The van der Waals surface area contributed by atoms with E-state index in [1.54, 1.807) is 30.3 Å². The van der Waals surface area contributed by atoms with Crippen molar-refractivity contribution < 1.29 is 9.84 Å². The molecule has 5 nitrogen and oxygen atoms in total. The van der Waals surface area contributed by atoms with E-state index in [2.05, 4.69) is 15.2 Å². The Kier molecular flexibility index (Phi) is 4.13. The first-order valence-corrected chi connectivity index (χ1v) is 7.15. The lowest BCUT2D eigenvalue weighted by Gasteiger charge is -2.28. The summed E-state index contributed by atoms with van der Waals surface area (Å²) in [6, 6.07) is 10.6. The Bertz CT molecular complexity index is 613. The van der Waals surface area contributed by atoms with Crippen molar-refractivity contribution in [2.24, 2.45) is 0 Å². The molecule has 0 radical (unpaired) electrons. The van der Waals surface area contributed by atoms with E-state index in [1.165, 1.54) is 0 Å². The van der Waals surface area contributed by atoms with Gasteiger partial charge in [-0.25, -0.2) is 4.98 Å². The molecule has 0 amide bonds. The number of anilines is 3. The van der Waals surface area contributed by atoms with Crippen LogP contribution in [0.1, 0.15) is 0 Å². The fourth-order valence-corrected chi connectivity index (χ4v) is 2.43. The third kappa shape index (κ3) is 3.56. The minimum Gasteiger partial charge on any atom is -0.508 e. The summed E-state index contributed by atoms with van der Waals surface area (Å²) in [6.07, 6.45) is 0. The smallest absolute Gasteiger partial charge is 0.133 e. The van der Waals surface area contributed by atoms with Gasteiger partial charge < -0.3 is 20.1 Å². The third-order valence-electron chi connectivity index (χ3n) is 3.27. The lowest BCUT2D eigenvalue weighted by Crippen LogP contribution is -2.36. The predicted molar refractivity (Wildman–Crippen MR) is 83.7 cm³/mol. The van der Waals surface area contributed by atoms with Crippen LogP contribution in [0.25, 0.3) is 0 Å². The molecule has 6 heteroatoms. The van der Waals surface area contributed by atoms with Gasteiger partial charge in [0.1, 0.15) is 16.7 Å². The number of nitrogens with one attached hydrogen (secondary N) is 1. The van der Waals surface area contributed by atoms with Gasteiger partial charge in [0.15, 0.2) is 0 Å². The van der Waals surface area contributed by atoms with Crippen molar-refractivity contribution >= 4 is 28.8 Å². The molecule has 0 saturated carbocycles. The van der Waals surface area contributed by atoms with Crippen molar-refractivity contribution in [1.82, 2.24) is 4.98 Å². The lowest BCUT2D eigenvalue weighted by molar-refractivity contribution is 0.122. The molecule has 3 rings (SSSR count). The van der Waals surface area contributed by atoms with Crippen molar-refractivity contribution in [2.75, 3.05) is 36.5 Å². The summed E-state index contributed by atoms with van der Waals surface area (Å²) in [6.45, 7) is 3.03. The summed E-state index contributed by atoms with van der Waals surface area (Å²) in [5, 5.41) is 13.0. The molecular formula is C15H16ClN3O2. The van der Waals surface area contributed by atoms with Crippen molar-refractivity contribution in [3.05, 3.63) is 41.6 Å². The molecule has 1 aliphatic rings. The zero-order valence-corrected chi connectivity index (χ0v) is 12.2. The zero-order chi connectivity index (χ0) is 14.7. The fourth-order valence-electron chi connectivity index (χ4n) is 2.22. The van der Waals surface area contributed by atoms with Crippen LogP contribution < -0.4 is 10.2 Å². The van der Waals surface area contributed by atoms with E-state index in [1.807, 2.05) is 6.07 Å². The van der Waals surface area contributed by atoms with Gasteiger partial charge in [-0.2, -0.15) is 0 Å². The van der Waals surface area contributed by atoms with Gasteiger partial charge in [-0.05, 0) is 30.3 Å². The third-order valence-corrected chi connectivity index (χ3v) is 3.47. The molecule has 110 valence electrons. The second-order valence-corrected chi connectivity index (χ2v) is 5.20. The van der Waals surface area contributed by atoms with E-state index < -0.39 is 0 Å². The molecule has 1 aromatic heterocycles. The molecule has 0 unspecified atom stereocenters. The quantitative estimate of drug-likeness (QED) is 0.674. The first-order chi connectivity index (χ1) is 10.2. The van der Waals surface area contributed by atoms with Crippen LogP contribution >= 0.6 is 11.6 Å². The van der Waals surface area contributed by atoms with E-state index in [0.29, 0.717) is 18.4 Å². The summed E-state index contributed by atoms with van der Waals surface area (Å²) in [5.41, 5.74) is 1.74. The van der Waals surface area contributed by atoms with Crippen molar-refractivity contribution in [3.63, 3.8) is 0 Å². The molecule has 21 heavy (non-hydrogen) atoms. The van der Waals surface area contributed by atoms with Crippen molar-refractivity contribution in [1.29, 1.82) is 0 Å². The number of phenols is 1. The molecule has 1 aliphatic heterocycles. The van der Waals surface area contributed by atoms with Crippen molar-refractivity contribution in [2.45, 2.75) is 0 Å². The van der Waals surface area contributed by atoms with Crippen LogP contribution in [0.2, 0.25) is 5.15 Å². The number of phenolic OH excluding ortho intramolecular Hbond substituents is 1. The first kappa shape index (κ1) is 14.0. The largest absolute Gasteiger partial charge is 0.508 e. The minimum atomic E-state index is 0.238. The molecule has 2 heterocycles. The highest BCUT2D eigenvalue weighted by Gasteiger charge is 2.14. The molecule has 2 N–H and O–H groups in total. The van der Waals surface area contributed by atoms with E-state index >= 15 is 0 Å². The van der Waals surface area contributed by atoms with Gasteiger partial charge in [0.25, 0.3) is 0 Å². The highest BCUT2D eigenvalue weighted by atomic mass is 35.5. The standard InChI is InChI=1S/C15H16ClN3O2/c16-14-9-12(17-11-1-3-13(20)4-2-11)10-15(18-14)19-5-7-21-8-6-19/h1-4,9-10,20H,5-8H2,(H,17,18). The molecule has 2 aromatic rings. The zero-order valence-electron chi connectivity index (χ0n) is 11.4. The minimum absolute atomic E-state index is 0.238. The van der Waals surface area contributed by atoms with Gasteiger partial charge in [0.05, 0.1) is 13.2 Å². The number of hydrogen-bond donors (Lipinski definition) is 2. The maximum atomic E-state index is 9.30. The van der Waals surface area contributed by atoms with Gasteiger partial charge >= 0.3 is 0 Å². The highest BCUT2D eigenvalue weighted by Crippen LogP contribution is 2.25. The molecule has 0 bridgehead atoms. The number of ether oxygens (including phenoxy) is 1. The summed E-state index contributed by atoms with van der Waals surface area (Å²) in [7, 11) is 0.